The van der Waals surface area contributed by atoms with Crippen molar-refractivity contribution in [3.05, 3.63) is 166 Å². The molecule has 0 nitrogen and oxygen atoms in total. The van der Waals surface area contributed by atoms with Gasteiger partial charge in [-0.25, -0.2) is 0 Å². The zero-order valence-electron chi connectivity index (χ0n) is 25.8. The molecule has 0 amide bonds. The fourth-order valence-corrected chi connectivity index (χ4v) is 8.13. The van der Waals surface area contributed by atoms with Crippen LogP contribution in [0, 0.1) is 0 Å². The lowest BCUT2D eigenvalue weighted by molar-refractivity contribution is 0.659. The van der Waals surface area contributed by atoms with Gasteiger partial charge in [0.25, 0.3) is 0 Å². The summed E-state index contributed by atoms with van der Waals surface area (Å²) >= 11 is 0. The third-order valence-electron chi connectivity index (χ3n) is 10.4. The van der Waals surface area contributed by atoms with Crippen LogP contribution in [0.15, 0.2) is 121 Å². The molecule has 214 valence electrons. The molecule has 0 heteroatoms. The quantitative estimate of drug-likeness (QED) is 0.145. The molecule has 0 unspecified atom stereocenters. The van der Waals surface area contributed by atoms with Crippen LogP contribution >= 0.6 is 0 Å². The first-order valence-electron chi connectivity index (χ1n) is 16.2. The maximum atomic E-state index is 2.52. The molecule has 7 aromatic rings. The van der Waals surface area contributed by atoms with Crippen LogP contribution in [0.1, 0.15) is 58.4 Å². The molecule has 2 aliphatic carbocycles. The lowest BCUT2D eigenvalue weighted by Gasteiger charge is -2.22. The molecule has 0 saturated heterocycles. The van der Waals surface area contributed by atoms with Crippen LogP contribution < -0.4 is 0 Å². The second-order valence-corrected chi connectivity index (χ2v) is 13.2. The molecule has 9 rings (SSSR count). The highest BCUT2D eigenvalue weighted by Gasteiger charge is 2.38. The van der Waals surface area contributed by atoms with Crippen molar-refractivity contribution in [3.63, 3.8) is 0 Å². The summed E-state index contributed by atoms with van der Waals surface area (Å²) in [5.74, 6) is 0. The van der Waals surface area contributed by atoms with E-state index in [1.807, 2.05) is 0 Å². The first-order valence-corrected chi connectivity index (χ1v) is 16.2. The zero-order valence-corrected chi connectivity index (χ0v) is 25.8. The summed E-state index contributed by atoms with van der Waals surface area (Å²) in [4.78, 5) is 0. The third kappa shape index (κ3) is 3.99. The second kappa shape index (κ2) is 9.91. The van der Waals surface area contributed by atoms with Crippen LogP contribution in [0.25, 0.3) is 67.7 Å². The van der Waals surface area contributed by atoms with Crippen LogP contribution in [0.2, 0.25) is 0 Å². The SMILES string of the molecule is CC1(C)c2cc(/C=C/c3c4ccccc4c(C=Cc4ccccc4)c4ccccc34)ccc2-c2c1cc1c3c(cccc23)CC1. The molecule has 0 aromatic heterocycles. The maximum Gasteiger partial charge on any atom is 0.0159 e. The molecular weight excluding hydrogens is 540 g/mol. The van der Waals surface area contributed by atoms with Crippen LogP contribution in [0.3, 0.4) is 0 Å². The Labute approximate surface area is 265 Å². The van der Waals surface area contributed by atoms with E-state index in [2.05, 4.69) is 159 Å². The van der Waals surface area contributed by atoms with E-state index in [1.165, 1.54) is 94.4 Å². The predicted molar refractivity (Wildman–Crippen MR) is 195 cm³/mol. The normalized spacial score (nSPS) is 14.7. The van der Waals surface area contributed by atoms with Gasteiger partial charge in [0.05, 0.1) is 0 Å². The predicted octanol–water partition coefficient (Wildman–Crippen LogP) is 11.9. The lowest BCUT2D eigenvalue weighted by atomic mass is 9.81. The van der Waals surface area contributed by atoms with Crippen molar-refractivity contribution >= 4 is 56.6 Å². The Bertz CT molecular complexity index is 2320. The van der Waals surface area contributed by atoms with Gasteiger partial charge in [-0.3, -0.25) is 0 Å². The van der Waals surface area contributed by atoms with E-state index in [9.17, 15) is 0 Å². The van der Waals surface area contributed by atoms with E-state index in [4.69, 9.17) is 0 Å². The van der Waals surface area contributed by atoms with Crippen molar-refractivity contribution < 1.29 is 0 Å². The molecular formula is C45H34. The van der Waals surface area contributed by atoms with Crippen LogP contribution in [0.5, 0.6) is 0 Å². The average Bonchev–Trinajstić information content (AvgIpc) is 3.60. The fourth-order valence-electron chi connectivity index (χ4n) is 8.13. The summed E-state index contributed by atoms with van der Waals surface area (Å²) in [6.07, 6.45) is 11.5. The van der Waals surface area contributed by atoms with E-state index in [0.29, 0.717) is 0 Å². The highest BCUT2D eigenvalue weighted by atomic mass is 14.4. The Kier molecular flexibility index (Phi) is 5.77. The van der Waals surface area contributed by atoms with Crippen molar-refractivity contribution in [2.45, 2.75) is 32.1 Å². The molecule has 0 fully saturated rings. The standard InChI is InChI=1S/C45H34/c1-45(2)41-27-30(21-26-39(41)44-40-18-10-13-31-22-23-32(43(31)40)28-42(44)45)20-25-38-35-16-8-6-14-33(35)37(34-15-7-9-17-36(34)38)24-19-29-11-4-3-5-12-29/h3-21,24-28H,22-23H2,1-2H3/b24-19?,25-20+. The molecule has 45 heavy (non-hydrogen) atoms. The number of hydrogen-bond acceptors (Lipinski definition) is 0. The van der Waals surface area contributed by atoms with Gasteiger partial charge in [-0.2, -0.15) is 0 Å². The molecule has 0 bridgehead atoms. The second-order valence-electron chi connectivity index (χ2n) is 13.2. The van der Waals surface area contributed by atoms with Crippen molar-refractivity contribution in [2.24, 2.45) is 0 Å². The largest absolute Gasteiger partial charge is 0.0622 e. The third-order valence-corrected chi connectivity index (χ3v) is 10.4. The van der Waals surface area contributed by atoms with Gasteiger partial charge in [-0.15, -0.1) is 0 Å². The summed E-state index contributed by atoms with van der Waals surface area (Å²) in [5, 5.41) is 8.04. The Hall–Kier alpha value is -5.20. The highest BCUT2D eigenvalue weighted by molar-refractivity contribution is 6.14. The van der Waals surface area contributed by atoms with Crippen molar-refractivity contribution in [1.29, 1.82) is 0 Å². The van der Waals surface area contributed by atoms with Gasteiger partial charge in [-0.1, -0.05) is 159 Å². The monoisotopic (exact) mass is 574 g/mol. The maximum absolute atomic E-state index is 2.52. The van der Waals surface area contributed by atoms with E-state index < -0.39 is 0 Å². The minimum atomic E-state index is -0.0378. The number of aryl methyl sites for hydroxylation is 2. The molecule has 7 aromatic carbocycles. The molecule has 2 aliphatic rings. The molecule has 0 aliphatic heterocycles. The van der Waals surface area contributed by atoms with Gasteiger partial charge < -0.3 is 0 Å². The minimum Gasteiger partial charge on any atom is -0.0622 e. The lowest BCUT2D eigenvalue weighted by Crippen LogP contribution is -2.15. The van der Waals surface area contributed by atoms with Gasteiger partial charge in [0.15, 0.2) is 0 Å². The van der Waals surface area contributed by atoms with E-state index in [0.717, 1.165) is 6.42 Å². The van der Waals surface area contributed by atoms with Crippen molar-refractivity contribution in [2.75, 3.05) is 0 Å². The van der Waals surface area contributed by atoms with Gasteiger partial charge in [0.1, 0.15) is 0 Å². The Morgan fingerprint density at radius 1 is 0.467 bits per heavy atom. The van der Waals surface area contributed by atoms with Gasteiger partial charge in [-0.05, 0) is 101 Å². The van der Waals surface area contributed by atoms with E-state index in [-0.39, 0.29) is 5.41 Å². The molecule has 0 heterocycles. The summed E-state index contributed by atoms with van der Waals surface area (Å²) in [6.45, 7) is 4.82. The Morgan fingerprint density at radius 3 is 1.71 bits per heavy atom. The first kappa shape index (κ1) is 26.2. The van der Waals surface area contributed by atoms with Crippen LogP contribution in [-0.2, 0) is 18.3 Å². The summed E-state index contributed by atoms with van der Waals surface area (Å²) in [5.41, 5.74) is 13.7. The Morgan fingerprint density at radius 2 is 1.04 bits per heavy atom. The van der Waals surface area contributed by atoms with Gasteiger partial charge in [0.2, 0.25) is 0 Å². The molecule has 0 saturated carbocycles. The van der Waals surface area contributed by atoms with Crippen molar-refractivity contribution in [1.82, 2.24) is 0 Å². The zero-order chi connectivity index (χ0) is 30.1. The van der Waals surface area contributed by atoms with Crippen LogP contribution in [-0.4, -0.2) is 0 Å². The average molecular weight is 575 g/mol. The Balaban J connectivity index is 1.18. The van der Waals surface area contributed by atoms with Crippen molar-refractivity contribution in [3.8, 4) is 11.1 Å². The molecule has 0 spiro atoms. The topological polar surface area (TPSA) is 0 Å². The summed E-state index contributed by atoms with van der Waals surface area (Å²) in [6, 6.07) is 44.8. The fraction of sp³-hybridized carbons (Fsp3) is 0.111. The number of hydrogen-bond donors (Lipinski definition) is 0. The van der Waals surface area contributed by atoms with Crippen LogP contribution in [0.4, 0.5) is 0 Å². The number of fused-ring (bicyclic) bond motifs is 6. The molecule has 0 radical (unpaired) electrons. The molecule has 0 atom stereocenters. The van der Waals surface area contributed by atoms with E-state index in [1.54, 1.807) is 0 Å². The van der Waals surface area contributed by atoms with E-state index >= 15 is 0 Å². The number of rotatable bonds is 4. The number of benzene rings is 7. The first-order chi connectivity index (χ1) is 22.1. The minimum absolute atomic E-state index is 0.0378. The highest BCUT2D eigenvalue weighted by Crippen LogP contribution is 2.53. The molecule has 0 N–H and O–H groups in total. The van der Waals surface area contributed by atoms with Gasteiger partial charge in [0, 0.05) is 5.41 Å². The van der Waals surface area contributed by atoms with Gasteiger partial charge >= 0.3 is 0 Å². The summed E-state index contributed by atoms with van der Waals surface area (Å²) in [7, 11) is 0. The summed E-state index contributed by atoms with van der Waals surface area (Å²) < 4.78 is 0. The smallest absolute Gasteiger partial charge is 0.0159 e.